The first-order chi connectivity index (χ1) is 9.25. The lowest BCUT2D eigenvalue weighted by atomic mass is 9.93. The van der Waals surface area contributed by atoms with Crippen molar-refractivity contribution in [2.24, 2.45) is 0 Å². The molecule has 2 aromatic rings. The van der Waals surface area contributed by atoms with E-state index in [1.54, 1.807) is 7.11 Å². The van der Waals surface area contributed by atoms with Gasteiger partial charge in [0.15, 0.2) is 0 Å². The second kappa shape index (κ2) is 4.59. The Morgan fingerprint density at radius 1 is 1.21 bits per heavy atom. The van der Waals surface area contributed by atoms with Crippen molar-refractivity contribution in [2.45, 2.75) is 18.4 Å². The average Bonchev–Trinajstić information content (AvgIpc) is 3.08. The number of hydrogen-bond acceptors (Lipinski definition) is 9. The van der Waals surface area contributed by atoms with Crippen LogP contribution in [0, 0.1) is 0 Å². The minimum Gasteiger partial charge on any atom is -0.381 e. The van der Waals surface area contributed by atoms with E-state index in [-0.39, 0.29) is 17.4 Å². The van der Waals surface area contributed by atoms with Crippen molar-refractivity contribution < 1.29 is 18.6 Å². The molecule has 1 fully saturated rings. The summed E-state index contributed by atoms with van der Waals surface area (Å²) in [5, 5.41) is 11.0. The molecule has 2 N–H and O–H groups in total. The molecule has 0 unspecified atom stereocenters. The molecular formula is C10H13N5O4. The first-order valence-corrected chi connectivity index (χ1v) is 5.81. The van der Waals surface area contributed by atoms with Gasteiger partial charge in [-0.25, -0.2) is 4.63 Å². The average molecular weight is 267 g/mol. The van der Waals surface area contributed by atoms with Gasteiger partial charge in [0, 0.05) is 33.2 Å². The van der Waals surface area contributed by atoms with E-state index in [9.17, 15) is 0 Å². The van der Waals surface area contributed by atoms with Crippen LogP contribution >= 0.6 is 0 Å². The van der Waals surface area contributed by atoms with E-state index < -0.39 is 5.60 Å². The van der Waals surface area contributed by atoms with Gasteiger partial charge < -0.3 is 19.7 Å². The van der Waals surface area contributed by atoms with Gasteiger partial charge in [-0.2, -0.15) is 4.98 Å². The standard InChI is InChI=1S/C10H13N5O4/c1-16-10(2-4-17-5-3-10)9-12-8(18-15-9)6-7(11)14-19-13-6/h2-5H2,1H3,(H2,11,14). The first kappa shape index (κ1) is 12.1. The Morgan fingerprint density at radius 2 is 2.00 bits per heavy atom. The molecule has 1 aliphatic heterocycles. The number of nitrogens with two attached hydrogens (primary N) is 1. The minimum atomic E-state index is -0.591. The predicted octanol–water partition coefficient (Wildman–Crippen LogP) is 0.354. The topological polar surface area (TPSA) is 122 Å². The minimum absolute atomic E-state index is 0.105. The van der Waals surface area contributed by atoms with Gasteiger partial charge in [-0.1, -0.05) is 5.16 Å². The van der Waals surface area contributed by atoms with Crippen LogP contribution in [0.15, 0.2) is 9.15 Å². The fourth-order valence-electron chi connectivity index (χ4n) is 2.07. The molecule has 0 amide bonds. The molecule has 0 spiro atoms. The Hall–Kier alpha value is -2.00. The Kier molecular flexibility index (Phi) is 2.91. The third kappa shape index (κ3) is 1.96. The number of nitrogens with zero attached hydrogens (tertiary/aromatic N) is 4. The van der Waals surface area contributed by atoms with E-state index in [4.69, 9.17) is 19.7 Å². The van der Waals surface area contributed by atoms with Gasteiger partial charge in [-0.05, 0) is 10.3 Å². The summed E-state index contributed by atoms with van der Waals surface area (Å²) in [4.78, 5) is 4.28. The van der Waals surface area contributed by atoms with Gasteiger partial charge in [0.2, 0.25) is 17.3 Å². The Bertz CT molecular complexity index is 560. The zero-order valence-corrected chi connectivity index (χ0v) is 10.3. The molecule has 2 aromatic heterocycles. The van der Waals surface area contributed by atoms with Crippen molar-refractivity contribution in [3.63, 3.8) is 0 Å². The molecule has 102 valence electrons. The summed E-state index contributed by atoms with van der Waals surface area (Å²) >= 11 is 0. The summed E-state index contributed by atoms with van der Waals surface area (Å²) in [6.07, 6.45) is 1.32. The predicted molar refractivity (Wildman–Crippen MR) is 60.7 cm³/mol. The fraction of sp³-hybridized carbons (Fsp3) is 0.600. The number of rotatable bonds is 3. The molecule has 3 rings (SSSR count). The van der Waals surface area contributed by atoms with Crippen LogP contribution in [0.2, 0.25) is 0 Å². The SMILES string of the molecule is COC1(c2noc(-c3nonc3N)n2)CCOCC1. The van der Waals surface area contributed by atoms with Crippen molar-refractivity contribution in [1.82, 2.24) is 20.5 Å². The largest absolute Gasteiger partial charge is 0.381 e. The lowest BCUT2D eigenvalue weighted by molar-refractivity contribution is -0.101. The maximum absolute atomic E-state index is 5.58. The zero-order valence-electron chi connectivity index (χ0n) is 10.3. The van der Waals surface area contributed by atoms with Crippen molar-refractivity contribution in [2.75, 3.05) is 26.1 Å². The molecule has 0 aliphatic carbocycles. The van der Waals surface area contributed by atoms with E-state index in [1.807, 2.05) is 0 Å². The molecule has 1 aliphatic rings. The monoisotopic (exact) mass is 267 g/mol. The summed E-state index contributed by atoms with van der Waals surface area (Å²) < 4.78 is 20.5. The molecule has 0 aromatic carbocycles. The van der Waals surface area contributed by atoms with Crippen molar-refractivity contribution >= 4 is 5.82 Å². The second-order valence-electron chi connectivity index (χ2n) is 4.23. The highest BCUT2D eigenvalue weighted by molar-refractivity contribution is 5.60. The molecule has 9 heteroatoms. The van der Waals surface area contributed by atoms with Crippen LogP contribution in [0.1, 0.15) is 18.7 Å². The lowest BCUT2D eigenvalue weighted by Gasteiger charge is -2.32. The van der Waals surface area contributed by atoms with E-state index in [0.29, 0.717) is 31.9 Å². The van der Waals surface area contributed by atoms with E-state index in [0.717, 1.165) is 0 Å². The maximum Gasteiger partial charge on any atom is 0.284 e. The smallest absolute Gasteiger partial charge is 0.284 e. The summed E-state index contributed by atoms with van der Waals surface area (Å²) in [6, 6.07) is 0. The van der Waals surface area contributed by atoms with Crippen molar-refractivity contribution in [1.29, 1.82) is 0 Å². The van der Waals surface area contributed by atoms with Crippen molar-refractivity contribution in [3.05, 3.63) is 5.82 Å². The first-order valence-electron chi connectivity index (χ1n) is 5.81. The van der Waals surface area contributed by atoms with Gasteiger partial charge in [0.25, 0.3) is 5.89 Å². The third-order valence-corrected chi connectivity index (χ3v) is 3.24. The van der Waals surface area contributed by atoms with Gasteiger partial charge in [-0.3, -0.25) is 0 Å². The molecule has 0 atom stereocenters. The molecule has 0 saturated carbocycles. The Balaban J connectivity index is 1.94. The quantitative estimate of drug-likeness (QED) is 0.838. The normalized spacial score (nSPS) is 18.6. The van der Waals surface area contributed by atoms with Crippen LogP contribution in [0.25, 0.3) is 11.6 Å². The number of nitrogen functional groups attached to an aromatic ring is 1. The van der Waals surface area contributed by atoms with Crippen LogP contribution in [0.3, 0.4) is 0 Å². The highest BCUT2D eigenvalue weighted by Crippen LogP contribution is 2.34. The Labute approximate surface area is 108 Å². The number of methoxy groups -OCH3 is 1. The molecule has 0 radical (unpaired) electrons. The highest BCUT2D eigenvalue weighted by atomic mass is 16.6. The van der Waals surface area contributed by atoms with Gasteiger partial charge >= 0.3 is 0 Å². The van der Waals surface area contributed by atoms with Gasteiger partial charge in [0.05, 0.1) is 0 Å². The highest BCUT2D eigenvalue weighted by Gasteiger charge is 2.39. The number of hydrogen-bond donors (Lipinski definition) is 1. The number of aromatic nitrogens is 4. The summed E-state index contributed by atoms with van der Waals surface area (Å²) in [5.74, 6) is 0.723. The molecule has 19 heavy (non-hydrogen) atoms. The third-order valence-electron chi connectivity index (χ3n) is 3.24. The van der Waals surface area contributed by atoms with Crippen LogP contribution in [0.5, 0.6) is 0 Å². The maximum atomic E-state index is 5.58. The summed E-state index contributed by atoms with van der Waals surface area (Å²) in [6.45, 7) is 1.18. The lowest BCUT2D eigenvalue weighted by Crippen LogP contribution is -2.36. The van der Waals surface area contributed by atoms with Crippen LogP contribution in [-0.4, -0.2) is 40.8 Å². The van der Waals surface area contributed by atoms with Gasteiger partial charge in [0.1, 0.15) is 5.60 Å². The van der Waals surface area contributed by atoms with Crippen LogP contribution in [-0.2, 0) is 15.1 Å². The molecule has 0 bridgehead atoms. The fourth-order valence-corrected chi connectivity index (χ4v) is 2.07. The second-order valence-corrected chi connectivity index (χ2v) is 4.23. The zero-order chi connectivity index (χ0) is 13.3. The van der Waals surface area contributed by atoms with E-state index >= 15 is 0 Å². The molecule has 1 saturated heterocycles. The molecule has 3 heterocycles. The van der Waals surface area contributed by atoms with Crippen LogP contribution < -0.4 is 5.73 Å². The Morgan fingerprint density at radius 3 is 2.63 bits per heavy atom. The molecular weight excluding hydrogens is 254 g/mol. The van der Waals surface area contributed by atoms with Gasteiger partial charge in [-0.15, -0.1) is 0 Å². The van der Waals surface area contributed by atoms with E-state index in [1.165, 1.54) is 0 Å². The number of anilines is 1. The van der Waals surface area contributed by atoms with Crippen molar-refractivity contribution in [3.8, 4) is 11.6 Å². The number of ether oxygens (including phenoxy) is 2. The summed E-state index contributed by atoms with van der Waals surface area (Å²) in [7, 11) is 1.62. The summed E-state index contributed by atoms with van der Waals surface area (Å²) in [5.41, 5.74) is 5.22. The van der Waals surface area contributed by atoms with Crippen LogP contribution in [0.4, 0.5) is 5.82 Å². The van der Waals surface area contributed by atoms with E-state index in [2.05, 4.69) is 25.1 Å². The molecule has 9 nitrogen and oxygen atoms in total.